The van der Waals surface area contributed by atoms with Gasteiger partial charge >= 0.3 is 0 Å². The zero-order chi connectivity index (χ0) is 12.1. The number of aromatic nitrogens is 2. The summed E-state index contributed by atoms with van der Waals surface area (Å²) < 4.78 is 0. The summed E-state index contributed by atoms with van der Waals surface area (Å²) in [6.07, 6.45) is 5.28. The Balaban J connectivity index is 2.32. The van der Waals surface area contributed by atoms with E-state index in [1.165, 1.54) is 0 Å². The maximum Gasteiger partial charge on any atom is 0.0766 e. The average Bonchev–Trinajstić information content (AvgIpc) is 2.38. The van der Waals surface area contributed by atoms with E-state index in [0.29, 0.717) is 5.02 Å². The van der Waals surface area contributed by atoms with Gasteiger partial charge in [0.1, 0.15) is 0 Å². The highest BCUT2D eigenvalue weighted by Crippen LogP contribution is 2.20. The van der Waals surface area contributed by atoms with E-state index in [4.69, 9.17) is 11.6 Å². The normalized spacial score (nSPS) is 12.4. The summed E-state index contributed by atoms with van der Waals surface area (Å²) in [7, 11) is 0. The third kappa shape index (κ3) is 3.02. The SMILES string of the molecule is CCNC(c1cccnc1)c1ccc(Cl)cn1. The third-order valence-electron chi connectivity index (χ3n) is 2.47. The van der Waals surface area contributed by atoms with Crippen molar-refractivity contribution in [2.45, 2.75) is 13.0 Å². The molecule has 1 unspecified atom stereocenters. The summed E-state index contributed by atoms with van der Waals surface area (Å²) in [5.41, 5.74) is 2.05. The monoisotopic (exact) mass is 247 g/mol. The first-order valence-corrected chi connectivity index (χ1v) is 5.94. The molecule has 2 rings (SSSR count). The van der Waals surface area contributed by atoms with Gasteiger partial charge in [-0.15, -0.1) is 0 Å². The van der Waals surface area contributed by atoms with Gasteiger partial charge < -0.3 is 5.32 Å². The molecule has 1 N–H and O–H groups in total. The average molecular weight is 248 g/mol. The van der Waals surface area contributed by atoms with Crippen molar-refractivity contribution >= 4 is 11.6 Å². The topological polar surface area (TPSA) is 37.8 Å². The Morgan fingerprint density at radius 1 is 1.29 bits per heavy atom. The standard InChI is InChI=1S/C13H14ClN3/c1-2-16-13(10-4-3-7-15-8-10)12-6-5-11(14)9-17-12/h3-9,13,16H,2H2,1H3. The lowest BCUT2D eigenvalue weighted by atomic mass is 10.1. The number of rotatable bonds is 4. The van der Waals surface area contributed by atoms with Crippen LogP contribution in [0.5, 0.6) is 0 Å². The van der Waals surface area contributed by atoms with Gasteiger partial charge in [-0.05, 0) is 30.3 Å². The van der Waals surface area contributed by atoms with Crippen LogP contribution in [0, 0.1) is 0 Å². The summed E-state index contributed by atoms with van der Waals surface area (Å²) in [4.78, 5) is 8.49. The van der Waals surface area contributed by atoms with Crippen molar-refractivity contribution in [1.29, 1.82) is 0 Å². The van der Waals surface area contributed by atoms with Crippen molar-refractivity contribution < 1.29 is 0 Å². The summed E-state index contributed by atoms with van der Waals surface area (Å²) in [5, 5.41) is 4.04. The molecule has 4 heteroatoms. The Morgan fingerprint density at radius 2 is 2.18 bits per heavy atom. The predicted octanol–water partition coefficient (Wildman–Crippen LogP) is 2.83. The van der Waals surface area contributed by atoms with Crippen LogP contribution in [0.2, 0.25) is 5.02 Å². The highest BCUT2D eigenvalue weighted by atomic mass is 35.5. The second kappa shape index (κ2) is 5.75. The maximum absolute atomic E-state index is 5.84. The zero-order valence-corrected chi connectivity index (χ0v) is 10.4. The Kier molecular flexibility index (Phi) is 4.07. The molecule has 0 fully saturated rings. The number of pyridine rings is 2. The second-order valence-corrected chi connectivity index (χ2v) is 4.11. The molecule has 2 heterocycles. The van der Waals surface area contributed by atoms with E-state index in [2.05, 4.69) is 22.2 Å². The van der Waals surface area contributed by atoms with Crippen LogP contribution < -0.4 is 5.32 Å². The minimum atomic E-state index is 0.0611. The Hall–Kier alpha value is -1.45. The van der Waals surface area contributed by atoms with E-state index in [9.17, 15) is 0 Å². The highest BCUT2D eigenvalue weighted by molar-refractivity contribution is 6.30. The molecule has 0 aliphatic heterocycles. The van der Waals surface area contributed by atoms with Crippen molar-refractivity contribution in [3.8, 4) is 0 Å². The van der Waals surface area contributed by atoms with Crippen LogP contribution in [0.4, 0.5) is 0 Å². The van der Waals surface area contributed by atoms with Gasteiger partial charge in [0.25, 0.3) is 0 Å². The lowest BCUT2D eigenvalue weighted by Crippen LogP contribution is -2.22. The van der Waals surface area contributed by atoms with Gasteiger partial charge in [-0.2, -0.15) is 0 Å². The van der Waals surface area contributed by atoms with Crippen LogP contribution in [-0.4, -0.2) is 16.5 Å². The number of nitrogens with zero attached hydrogens (tertiary/aromatic N) is 2. The fourth-order valence-corrected chi connectivity index (χ4v) is 1.81. The molecule has 88 valence electrons. The van der Waals surface area contributed by atoms with Crippen molar-refractivity contribution in [3.63, 3.8) is 0 Å². The van der Waals surface area contributed by atoms with Gasteiger partial charge in [0.05, 0.1) is 16.8 Å². The lowest BCUT2D eigenvalue weighted by molar-refractivity contribution is 0.614. The van der Waals surface area contributed by atoms with Crippen molar-refractivity contribution in [2.75, 3.05) is 6.54 Å². The van der Waals surface area contributed by atoms with Crippen LogP contribution in [0.1, 0.15) is 24.2 Å². The van der Waals surface area contributed by atoms with E-state index >= 15 is 0 Å². The van der Waals surface area contributed by atoms with E-state index in [1.807, 2.05) is 30.5 Å². The molecule has 2 aromatic heterocycles. The molecular formula is C13H14ClN3. The molecule has 0 radical (unpaired) electrons. The molecule has 17 heavy (non-hydrogen) atoms. The molecule has 2 aromatic rings. The number of hydrogen-bond donors (Lipinski definition) is 1. The van der Waals surface area contributed by atoms with Crippen LogP contribution in [0.15, 0.2) is 42.9 Å². The molecule has 0 spiro atoms. The fraction of sp³-hybridized carbons (Fsp3) is 0.231. The number of hydrogen-bond acceptors (Lipinski definition) is 3. The van der Waals surface area contributed by atoms with Gasteiger partial charge in [-0.3, -0.25) is 9.97 Å². The molecule has 0 saturated heterocycles. The van der Waals surface area contributed by atoms with E-state index < -0.39 is 0 Å². The quantitative estimate of drug-likeness (QED) is 0.903. The summed E-state index contributed by atoms with van der Waals surface area (Å²) in [6, 6.07) is 7.81. The summed E-state index contributed by atoms with van der Waals surface area (Å²) >= 11 is 5.84. The summed E-state index contributed by atoms with van der Waals surface area (Å²) in [5.74, 6) is 0. The maximum atomic E-state index is 5.84. The first kappa shape index (κ1) is 12.0. The van der Waals surface area contributed by atoms with Crippen LogP contribution >= 0.6 is 11.6 Å². The molecule has 0 amide bonds. The van der Waals surface area contributed by atoms with Gasteiger partial charge in [-0.25, -0.2) is 0 Å². The molecule has 0 aliphatic rings. The van der Waals surface area contributed by atoms with Crippen molar-refractivity contribution in [3.05, 3.63) is 59.1 Å². The Labute approximate surface area is 106 Å². The first-order chi connectivity index (χ1) is 8.31. The third-order valence-corrected chi connectivity index (χ3v) is 2.70. The second-order valence-electron chi connectivity index (χ2n) is 3.68. The minimum Gasteiger partial charge on any atom is -0.305 e. The van der Waals surface area contributed by atoms with E-state index in [1.54, 1.807) is 12.4 Å². The summed E-state index contributed by atoms with van der Waals surface area (Å²) in [6.45, 7) is 2.93. The highest BCUT2D eigenvalue weighted by Gasteiger charge is 2.13. The van der Waals surface area contributed by atoms with Crippen molar-refractivity contribution in [2.24, 2.45) is 0 Å². The van der Waals surface area contributed by atoms with Crippen LogP contribution in [0.3, 0.4) is 0 Å². The molecule has 0 aliphatic carbocycles. The van der Waals surface area contributed by atoms with Crippen molar-refractivity contribution in [1.82, 2.24) is 15.3 Å². The first-order valence-electron chi connectivity index (χ1n) is 5.56. The molecule has 1 atom stereocenters. The predicted molar refractivity (Wildman–Crippen MR) is 69.0 cm³/mol. The Morgan fingerprint density at radius 3 is 2.76 bits per heavy atom. The minimum absolute atomic E-state index is 0.0611. The van der Waals surface area contributed by atoms with Crippen LogP contribution in [-0.2, 0) is 0 Å². The van der Waals surface area contributed by atoms with E-state index in [0.717, 1.165) is 17.8 Å². The fourth-order valence-electron chi connectivity index (χ4n) is 1.70. The molecule has 3 nitrogen and oxygen atoms in total. The zero-order valence-electron chi connectivity index (χ0n) is 9.60. The lowest BCUT2D eigenvalue weighted by Gasteiger charge is -2.17. The molecular weight excluding hydrogens is 234 g/mol. The van der Waals surface area contributed by atoms with Gasteiger partial charge in [0.2, 0.25) is 0 Å². The Bertz CT molecular complexity index is 456. The van der Waals surface area contributed by atoms with Crippen LogP contribution in [0.25, 0.3) is 0 Å². The van der Waals surface area contributed by atoms with Gasteiger partial charge in [0.15, 0.2) is 0 Å². The van der Waals surface area contributed by atoms with Gasteiger partial charge in [0, 0.05) is 18.6 Å². The number of nitrogens with one attached hydrogen (secondary N) is 1. The van der Waals surface area contributed by atoms with Gasteiger partial charge in [-0.1, -0.05) is 24.6 Å². The molecule has 0 saturated carbocycles. The smallest absolute Gasteiger partial charge is 0.0766 e. The molecule has 0 bridgehead atoms. The molecule has 0 aromatic carbocycles. The number of halogens is 1. The largest absolute Gasteiger partial charge is 0.305 e. The van der Waals surface area contributed by atoms with E-state index in [-0.39, 0.29) is 6.04 Å².